The highest BCUT2D eigenvalue weighted by Gasteiger charge is 2.17. The van der Waals surface area contributed by atoms with E-state index in [0.29, 0.717) is 27.6 Å². The van der Waals surface area contributed by atoms with Crippen LogP contribution in [0.5, 0.6) is 5.75 Å². The van der Waals surface area contributed by atoms with E-state index in [1.165, 1.54) is 6.07 Å². The van der Waals surface area contributed by atoms with E-state index in [4.69, 9.17) is 22.1 Å². The number of nitrogens with two attached hydrogens (primary N) is 1. The number of aromatic nitrogens is 1. The summed E-state index contributed by atoms with van der Waals surface area (Å²) in [6.07, 6.45) is 0. The minimum atomic E-state index is -3.86. The average Bonchev–Trinajstić information content (AvgIpc) is 2.82. The Balaban J connectivity index is 1.71. The van der Waals surface area contributed by atoms with Crippen LogP contribution in [0.4, 0.5) is 5.69 Å². The molecular formula is C24H25ClN4O6S. The van der Waals surface area contributed by atoms with E-state index in [2.05, 4.69) is 10.0 Å². The molecule has 0 aliphatic rings. The number of benzene rings is 2. The van der Waals surface area contributed by atoms with Gasteiger partial charge in [-0.1, -0.05) is 41.9 Å². The van der Waals surface area contributed by atoms with Crippen molar-refractivity contribution in [2.24, 2.45) is 5.73 Å². The number of sulfonamides is 1. The summed E-state index contributed by atoms with van der Waals surface area (Å²) in [4.78, 5) is 36.6. The number of hydrogen-bond acceptors (Lipinski definition) is 6. The fourth-order valence-electron chi connectivity index (χ4n) is 3.31. The zero-order valence-electron chi connectivity index (χ0n) is 19.4. The van der Waals surface area contributed by atoms with E-state index < -0.39 is 27.4 Å². The van der Waals surface area contributed by atoms with Gasteiger partial charge in [-0.25, -0.2) is 8.42 Å². The summed E-state index contributed by atoms with van der Waals surface area (Å²) in [5, 5.41) is 3.06. The minimum absolute atomic E-state index is 0.00465. The number of rotatable bonds is 11. The highest BCUT2D eigenvalue weighted by atomic mass is 35.5. The number of hydrogen-bond donors (Lipinski definition) is 3. The lowest BCUT2D eigenvalue weighted by Gasteiger charge is -2.15. The molecule has 3 rings (SSSR count). The van der Waals surface area contributed by atoms with E-state index in [1.54, 1.807) is 61.5 Å². The maximum atomic E-state index is 13.0. The lowest BCUT2D eigenvalue weighted by Crippen LogP contribution is -2.34. The van der Waals surface area contributed by atoms with Crippen LogP contribution < -0.4 is 26.1 Å². The molecule has 2 aromatic carbocycles. The van der Waals surface area contributed by atoms with Crippen molar-refractivity contribution >= 4 is 39.1 Å². The van der Waals surface area contributed by atoms with Gasteiger partial charge < -0.3 is 20.4 Å². The maximum Gasteiger partial charge on any atom is 0.275 e. The van der Waals surface area contributed by atoms with Gasteiger partial charge in [-0.05, 0) is 42.8 Å². The van der Waals surface area contributed by atoms with Crippen LogP contribution in [0.3, 0.4) is 0 Å². The Hall–Kier alpha value is -3.83. The van der Waals surface area contributed by atoms with Crippen molar-refractivity contribution in [1.29, 1.82) is 0 Å². The van der Waals surface area contributed by atoms with Crippen LogP contribution in [0.25, 0.3) is 0 Å². The zero-order chi connectivity index (χ0) is 26.3. The maximum absolute atomic E-state index is 13.0. The Morgan fingerprint density at radius 1 is 1.08 bits per heavy atom. The van der Waals surface area contributed by atoms with Crippen molar-refractivity contribution in [2.45, 2.75) is 25.8 Å². The molecule has 0 aliphatic heterocycles. The van der Waals surface area contributed by atoms with Crippen LogP contribution in [0.1, 0.15) is 16.8 Å². The number of halogens is 1. The van der Waals surface area contributed by atoms with Gasteiger partial charge in [-0.3, -0.25) is 19.1 Å². The van der Waals surface area contributed by atoms with Crippen LogP contribution in [-0.2, 0) is 38.5 Å². The second-order valence-corrected chi connectivity index (χ2v) is 10.1. The van der Waals surface area contributed by atoms with E-state index in [0.717, 1.165) is 4.57 Å². The predicted molar refractivity (Wildman–Crippen MR) is 136 cm³/mol. The van der Waals surface area contributed by atoms with Crippen molar-refractivity contribution < 1.29 is 22.7 Å². The molecule has 0 atom stereocenters. The normalized spacial score (nSPS) is 11.1. The van der Waals surface area contributed by atoms with Gasteiger partial charge in [0.25, 0.3) is 11.5 Å². The van der Waals surface area contributed by atoms with Gasteiger partial charge >= 0.3 is 0 Å². The van der Waals surface area contributed by atoms with E-state index >= 15 is 0 Å². The number of amides is 2. The molecule has 0 saturated carbocycles. The quantitative estimate of drug-likeness (QED) is 0.343. The van der Waals surface area contributed by atoms with Crippen LogP contribution in [0, 0.1) is 6.92 Å². The molecule has 0 fully saturated rings. The highest BCUT2D eigenvalue weighted by molar-refractivity contribution is 7.91. The lowest BCUT2D eigenvalue weighted by atomic mass is 10.2. The van der Waals surface area contributed by atoms with Crippen LogP contribution in [-0.4, -0.2) is 31.4 Å². The minimum Gasteiger partial charge on any atom is -0.483 e. The van der Waals surface area contributed by atoms with Gasteiger partial charge in [0.1, 0.15) is 18.0 Å². The Bertz CT molecular complexity index is 1420. The number of pyridine rings is 1. The van der Waals surface area contributed by atoms with Gasteiger partial charge in [0.2, 0.25) is 15.9 Å². The summed E-state index contributed by atoms with van der Waals surface area (Å²) in [5.41, 5.74) is 5.82. The van der Waals surface area contributed by atoms with Crippen LogP contribution >= 0.6 is 11.6 Å². The highest BCUT2D eigenvalue weighted by Crippen LogP contribution is 2.23. The molecule has 4 N–H and O–H groups in total. The molecule has 0 spiro atoms. The second kappa shape index (κ2) is 11.7. The Morgan fingerprint density at radius 2 is 1.81 bits per heavy atom. The van der Waals surface area contributed by atoms with Gasteiger partial charge in [0.15, 0.2) is 6.61 Å². The van der Waals surface area contributed by atoms with Crippen molar-refractivity contribution in [3.63, 3.8) is 0 Å². The molecule has 36 heavy (non-hydrogen) atoms. The molecule has 2 amide bonds. The van der Waals surface area contributed by atoms with E-state index in [1.807, 2.05) is 0 Å². The third-order valence-corrected chi connectivity index (χ3v) is 6.51. The molecule has 3 aromatic rings. The largest absolute Gasteiger partial charge is 0.483 e. The fourth-order valence-corrected chi connectivity index (χ4v) is 4.70. The standard InChI is InChI=1S/C24H25ClN4O6S/c1-16-7-9-20(28-36(33,34)15-17-5-3-2-4-6-17)24(32)29(16)13-23(31)27-12-18-11-19(25)8-10-21(18)35-14-22(26)30/h2-11,28H,12-15H2,1H3,(H2,26,30)(H,27,31). The first-order valence-corrected chi connectivity index (χ1v) is 12.8. The first-order chi connectivity index (χ1) is 17.0. The SMILES string of the molecule is Cc1ccc(NS(=O)(=O)Cc2ccccc2)c(=O)n1CC(=O)NCc1cc(Cl)ccc1OCC(N)=O. The van der Waals surface area contributed by atoms with Crippen LogP contribution in [0.15, 0.2) is 65.5 Å². The Kier molecular flexibility index (Phi) is 8.73. The lowest BCUT2D eigenvalue weighted by molar-refractivity contribution is -0.122. The summed E-state index contributed by atoms with van der Waals surface area (Å²) in [6.45, 7) is 0.940. The Labute approximate surface area is 213 Å². The Morgan fingerprint density at radius 3 is 2.50 bits per heavy atom. The second-order valence-electron chi connectivity index (χ2n) is 7.91. The number of nitrogens with zero attached hydrogens (tertiary/aromatic N) is 1. The monoisotopic (exact) mass is 532 g/mol. The number of carbonyl (C=O) groups excluding carboxylic acids is 2. The molecule has 0 saturated heterocycles. The van der Waals surface area contributed by atoms with Gasteiger partial charge in [0.05, 0.1) is 5.75 Å². The molecule has 12 heteroatoms. The van der Waals surface area contributed by atoms with Crippen LogP contribution in [0.2, 0.25) is 5.02 Å². The molecule has 190 valence electrons. The first kappa shape index (κ1) is 26.8. The molecule has 10 nitrogen and oxygen atoms in total. The number of ether oxygens (including phenoxy) is 1. The molecule has 0 bridgehead atoms. The van der Waals surface area contributed by atoms with Crippen molar-refractivity contribution in [3.8, 4) is 5.75 Å². The van der Waals surface area contributed by atoms with Crippen molar-refractivity contribution in [1.82, 2.24) is 9.88 Å². The number of anilines is 1. The van der Waals surface area contributed by atoms with Crippen molar-refractivity contribution in [3.05, 3.63) is 92.9 Å². The van der Waals surface area contributed by atoms with E-state index in [-0.39, 0.29) is 31.1 Å². The molecule has 1 aromatic heterocycles. The molecule has 1 heterocycles. The van der Waals surface area contributed by atoms with Gasteiger partial charge in [0, 0.05) is 22.8 Å². The average molecular weight is 533 g/mol. The number of nitrogens with one attached hydrogen (secondary N) is 2. The third-order valence-electron chi connectivity index (χ3n) is 5.03. The first-order valence-electron chi connectivity index (χ1n) is 10.7. The summed E-state index contributed by atoms with van der Waals surface area (Å²) in [6, 6.07) is 16.1. The topological polar surface area (TPSA) is 150 Å². The molecular weight excluding hydrogens is 508 g/mol. The summed E-state index contributed by atoms with van der Waals surface area (Å²) in [5.74, 6) is -1.15. The zero-order valence-corrected chi connectivity index (χ0v) is 20.9. The number of aryl methyl sites for hydroxylation is 1. The summed E-state index contributed by atoms with van der Waals surface area (Å²) < 4.78 is 33.9. The number of carbonyl (C=O) groups is 2. The van der Waals surface area contributed by atoms with Gasteiger partial charge in [-0.15, -0.1) is 0 Å². The molecule has 0 unspecified atom stereocenters. The van der Waals surface area contributed by atoms with E-state index in [9.17, 15) is 22.8 Å². The summed E-state index contributed by atoms with van der Waals surface area (Å²) in [7, 11) is -3.86. The summed E-state index contributed by atoms with van der Waals surface area (Å²) >= 11 is 6.03. The molecule has 0 radical (unpaired) electrons. The number of primary amides is 1. The molecule has 0 aliphatic carbocycles. The third kappa shape index (κ3) is 7.59. The van der Waals surface area contributed by atoms with Gasteiger partial charge in [-0.2, -0.15) is 0 Å². The van der Waals surface area contributed by atoms with Crippen molar-refractivity contribution in [2.75, 3.05) is 11.3 Å². The fraction of sp³-hybridized carbons (Fsp3) is 0.208. The predicted octanol–water partition coefficient (Wildman–Crippen LogP) is 1.93. The smallest absolute Gasteiger partial charge is 0.275 e.